The van der Waals surface area contributed by atoms with Crippen molar-refractivity contribution in [2.24, 2.45) is 5.92 Å². The van der Waals surface area contributed by atoms with E-state index in [1.54, 1.807) is 24.3 Å². The monoisotopic (exact) mass is 552 g/mol. The molecule has 1 heterocycles. The van der Waals surface area contributed by atoms with E-state index in [0.717, 1.165) is 5.56 Å². The molecule has 0 aliphatic carbocycles. The van der Waals surface area contributed by atoms with Crippen molar-refractivity contribution in [2.75, 3.05) is 25.9 Å². The van der Waals surface area contributed by atoms with Gasteiger partial charge in [0.1, 0.15) is 12.1 Å². The lowest BCUT2D eigenvalue weighted by atomic mass is 9.99. The Morgan fingerprint density at radius 2 is 1.51 bits per heavy atom. The SMILES string of the molecule is CNC(=O)[C@H](Cc1ccccc1)NC(=O)[C@H](CC(C)C)N(CCCN1C(=O)c2ccccc2C1=O)C(=O)CS. The number of hydrogen-bond donors (Lipinski definition) is 3. The molecule has 0 aromatic heterocycles. The fourth-order valence-corrected chi connectivity index (χ4v) is 4.89. The summed E-state index contributed by atoms with van der Waals surface area (Å²) >= 11 is 4.16. The minimum atomic E-state index is -0.852. The highest BCUT2D eigenvalue weighted by Gasteiger charge is 2.36. The lowest BCUT2D eigenvalue weighted by Gasteiger charge is -2.33. The third-order valence-corrected chi connectivity index (χ3v) is 6.92. The van der Waals surface area contributed by atoms with Crippen LogP contribution in [0.4, 0.5) is 0 Å². The van der Waals surface area contributed by atoms with Crippen LogP contribution in [0.2, 0.25) is 0 Å². The van der Waals surface area contributed by atoms with Crippen LogP contribution in [0.1, 0.15) is 53.0 Å². The second-order valence-electron chi connectivity index (χ2n) is 9.92. The molecule has 0 radical (unpaired) electrons. The Balaban J connectivity index is 1.75. The first-order valence-electron chi connectivity index (χ1n) is 13.1. The lowest BCUT2D eigenvalue weighted by Crippen LogP contribution is -2.56. The van der Waals surface area contributed by atoms with E-state index in [2.05, 4.69) is 23.3 Å². The number of thiol groups is 1. The van der Waals surface area contributed by atoms with Gasteiger partial charge in [-0.3, -0.25) is 28.9 Å². The molecule has 10 heteroatoms. The maximum absolute atomic E-state index is 13.6. The molecule has 0 bridgehead atoms. The van der Waals surface area contributed by atoms with Gasteiger partial charge in [0.25, 0.3) is 11.8 Å². The van der Waals surface area contributed by atoms with Gasteiger partial charge in [-0.1, -0.05) is 56.3 Å². The fraction of sp³-hybridized carbons (Fsp3) is 0.414. The number of fused-ring (bicyclic) bond motifs is 1. The van der Waals surface area contributed by atoms with Crippen molar-refractivity contribution in [1.82, 2.24) is 20.4 Å². The molecule has 39 heavy (non-hydrogen) atoms. The van der Waals surface area contributed by atoms with E-state index in [9.17, 15) is 24.0 Å². The van der Waals surface area contributed by atoms with E-state index < -0.39 is 18.0 Å². The highest BCUT2D eigenvalue weighted by Crippen LogP contribution is 2.23. The minimum Gasteiger partial charge on any atom is -0.357 e. The second kappa shape index (κ2) is 13.9. The summed E-state index contributed by atoms with van der Waals surface area (Å²) < 4.78 is 0. The number of amides is 5. The van der Waals surface area contributed by atoms with Crippen molar-refractivity contribution < 1.29 is 24.0 Å². The highest BCUT2D eigenvalue weighted by atomic mass is 32.1. The van der Waals surface area contributed by atoms with Gasteiger partial charge in [0.15, 0.2) is 0 Å². The molecule has 5 amide bonds. The average Bonchev–Trinajstić information content (AvgIpc) is 3.18. The molecule has 0 saturated carbocycles. The van der Waals surface area contributed by atoms with Crippen LogP contribution in [0.5, 0.6) is 0 Å². The first-order valence-corrected chi connectivity index (χ1v) is 13.7. The molecule has 2 aromatic carbocycles. The molecule has 2 atom stereocenters. The van der Waals surface area contributed by atoms with E-state index in [1.807, 2.05) is 44.2 Å². The van der Waals surface area contributed by atoms with E-state index in [4.69, 9.17) is 0 Å². The Bertz CT molecular complexity index is 1170. The Hall–Kier alpha value is -3.66. The average molecular weight is 553 g/mol. The molecule has 2 N–H and O–H groups in total. The predicted octanol–water partition coefficient (Wildman–Crippen LogP) is 2.32. The predicted molar refractivity (Wildman–Crippen MR) is 151 cm³/mol. The molecule has 9 nitrogen and oxygen atoms in total. The number of carbonyl (C=O) groups excluding carboxylic acids is 5. The maximum Gasteiger partial charge on any atom is 0.261 e. The van der Waals surface area contributed by atoms with Crippen LogP contribution in [-0.2, 0) is 20.8 Å². The number of nitrogens with one attached hydrogen (secondary N) is 2. The molecule has 1 aliphatic heterocycles. The Kier molecular flexibility index (Phi) is 10.7. The maximum atomic E-state index is 13.6. The van der Waals surface area contributed by atoms with Gasteiger partial charge in [-0.05, 0) is 36.5 Å². The molecule has 3 rings (SSSR count). The van der Waals surface area contributed by atoms with Gasteiger partial charge < -0.3 is 15.5 Å². The largest absolute Gasteiger partial charge is 0.357 e. The standard InChI is InChI=1S/C29H36N4O5S/c1-19(2)16-24(27(36)31-23(26(35)30-3)17-20-10-5-4-6-11-20)32(25(34)18-39)14-9-15-33-28(37)21-12-7-8-13-22(21)29(33)38/h4-8,10-13,19,23-24,39H,9,14-18H2,1-3H3,(H,30,35)(H,31,36)/t23-,24-/m0/s1. The molecule has 0 unspecified atom stereocenters. The topological polar surface area (TPSA) is 116 Å². The molecule has 0 saturated heterocycles. The van der Waals surface area contributed by atoms with Gasteiger partial charge in [-0.2, -0.15) is 12.6 Å². The van der Waals surface area contributed by atoms with Gasteiger partial charge in [0.05, 0.1) is 16.9 Å². The van der Waals surface area contributed by atoms with Gasteiger partial charge in [-0.15, -0.1) is 0 Å². The van der Waals surface area contributed by atoms with Crippen LogP contribution in [0.3, 0.4) is 0 Å². The van der Waals surface area contributed by atoms with Crippen LogP contribution in [0.15, 0.2) is 54.6 Å². The Morgan fingerprint density at radius 3 is 2.05 bits per heavy atom. The zero-order valence-corrected chi connectivity index (χ0v) is 23.4. The van der Waals surface area contributed by atoms with Gasteiger partial charge in [0.2, 0.25) is 17.7 Å². The van der Waals surface area contributed by atoms with Crippen molar-refractivity contribution in [1.29, 1.82) is 0 Å². The summed E-state index contributed by atoms with van der Waals surface area (Å²) in [5.74, 6) is -1.90. The lowest BCUT2D eigenvalue weighted by molar-refractivity contribution is -0.140. The van der Waals surface area contributed by atoms with E-state index in [1.165, 1.54) is 16.8 Å². The zero-order chi connectivity index (χ0) is 28.5. The van der Waals surface area contributed by atoms with Gasteiger partial charge in [0, 0.05) is 26.6 Å². The van der Waals surface area contributed by atoms with Crippen molar-refractivity contribution in [3.05, 3.63) is 71.3 Å². The number of likely N-dealkylation sites (N-methyl/N-ethyl adjacent to an activating group) is 1. The summed E-state index contributed by atoms with van der Waals surface area (Å²) in [6.07, 6.45) is 0.945. The first kappa shape index (κ1) is 29.9. The third-order valence-electron chi connectivity index (χ3n) is 6.65. The Labute approximate surface area is 234 Å². The molecule has 1 aliphatic rings. The number of benzene rings is 2. The smallest absolute Gasteiger partial charge is 0.261 e. The summed E-state index contributed by atoms with van der Waals surface area (Å²) in [6.45, 7) is 4.14. The number of hydrogen-bond acceptors (Lipinski definition) is 6. The summed E-state index contributed by atoms with van der Waals surface area (Å²) in [4.78, 5) is 67.3. The molecule has 0 fully saturated rings. The molecule has 208 valence electrons. The number of carbonyl (C=O) groups is 5. The quantitative estimate of drug-likeness (QED) is 0.261. The summed E-state index contributed by atoms with van der Waals surface area (Å²) in [5.41, 5.74) is 1.61. The first-order chi connectivity index (χ1) is 18.7. The summed E-state index contributed by atoms with van der Waals surface area (Å²) in [5, 5.41) is 5.45. The van der Waals surface area contributed by atoms with E-state index >= 15 is 0 Å². The normalized spacial score (nSPS) is 14.1. The fourth-order valence-electron chi connectivity index (χ4n) is 4.71. The van der Waals surface area contributed by atoms with Crippen LogP contribution < -0.4 is 10.6 Å². The molecular weight excluding hydrogens is 516 g/mol. The molecule has 2 aromatic rings. The van der Waals surface area contributed by atoms with E-state index in [0.29, 0.717) is 24.0 Å². The Morgan fingerprint density at radius 1 is 0.923 bits per heavy atom. The molecular formula is C29H36N4O5S. The highest BCUT2D eigenvalue weighted by molar-refractivity contribution is 7.81. The third kappa shape index (κ3) is 7.47. The van der Waals surface area contributed by atoms with Crippen LogP contribution in [0.25, 0.3) is 0 Å². The number of imide groups is 1. The van der Waals surface area contributed by atoms with Crippen LogP contribution in [0, 0.1) is 5.92 Å². The van der Waals surface area contributed by atoms with Crippen molar-refractivity contribution in [2.45, 2.75) is 45.2 Å². The molecule has 0 spiro atoms. The van der Waals surface area contributed by atoms with E-state index in [-0.39, 0.29) is 54.8 Å². The van der Waals surface area contributed by atoms with Crippen LogP contribution >= 0.6 is 12.6 Å². The zero-order valence-electron chi connectivity index (χ0n) is 22.6. The number of rotatable bonds is 13. The second-order valence-corrected chi connectivity index (χ2v) is 10.2. The van der Waals surface area contributed by atoms with Crippen molar-refractivity contribution in [3.8, 4) is 0 Å². The van der Waals surface area contributed by atoms with Gasteiger partial charge in [-0.25, -0.2) is 0 Å². The summed E-state index contributed by atoms with van der Waals surface area (Å²) in [7, 11) is 1.51. The minimum absolute atomic E-state index is 0.0692. The van der Waals surface area contributed by atoms with Gasteiger partial charge >= 0.3 is 0 Å². The van der Waals surface area contributed by atoms with Crippen molar-refractivity contribution in [3.63, 3.8) is 0 Å². The summed E-state index contributed by atoms with van der Waals surface area (Å²) in [6, 6.07) is 14.3. The van der Waals surface area contributed by atoms with Crippen molar-refractivity contribution >= 4 is 42.2 Å². The number of nitrogens with zero attached hydrogens (tertiary/aromatic N) is 2. The van der Waals surface area contributed by atoms with Crippen LogP contribution in [-0.4, -0.2) is 77.3 Å².